The van der Waals surface area contributed by atoms with Gasteiger partial charge in [0.05, 0.1) is 6.61 Å². The summed E-state index contributed by atoms with van der Waals surface area (Å²) in [4.78, 5) is 2.52. The predicted octanol–water partition coefficient (Wildman–Crippen LogP) is 1.33. The van der Waals surface area contributed by atoms with E-state index in [0.29, 0.717) is 12.0 Å². The van der Waals surface area contributed by atoms with Crippen LogP contribution in [0.1, 0.15) is 27.2 Å². The van der Waals surface area contributed by atoms with Crippen LogP contribution in [0.2, 0.25) is 0 Å². The van der Waals surface area contributed by atoms with E-state index in [-0.39, 0.29) is 5.41 Å². The Balaban J connectivity index is 2.35. The predicted molar refractivity (Wildman–Crippen MR) is 63.9 cm³/mol. The van der Waals surface area contributed by atoms with Crippen LogP contribution in [0, 0.1) is 11.3 Å². The summed E-state index contributed by atoms with van der Waals surface area (Å²) >= 11 is 0. The molecule has 0 aromatic heterocycles. The highest BCUT2D eigenvalue weighted by Gasteiger charge is 2.29. The van der Waals surface area contributed by atoms with E-state index in [2.05, 4.69) is 25.7 Å². The van der Waals surface area contributed by atoms with Gasteiger partial charge in [-0.15, -0.1) is 0 Å². The molecular formula is C12H26N2O. The molecule has 3 nitrogen and oxygen atoms in total. The van der Waals surface area contributed by atoms with Gasteiger partial charge in [0.25, 0.3) is 0 Å². The van der Waals surface area contributed by atoms with Crippen molar-refractivity contribution >= 4 is 0 Å². The minimum absolute atomic E-state index is 0.251. The van der Waals surface area contributed by atoms with E-state index in [1.807, 2.05) is 0 Å². The van der Waals surface area contributed by atoms with Gasteiger partial charge >= 0.3 is 0 Å². The highest BCUT2D eigenvalue weighted by atomic mass is 16.5. The molecule has 1 aliphatic heterocycles. The third-order valence-corrected chi connectivity index (χ3v) is 3.24. The maximum atomic E-state index is 5.93. The van der Waals surface area contributed by atoms with Gasteiger partial charge in [0.1, 0.15) is 0 Å². The first-order valence-electron chi connectivity index (χ1n) is 5.91. The fourth-order valence-electron chi connectivity index (χ4n) is 2.48. The van der Waals surface area contributed by atoms with Crippen molar-refractivity contribution in [3.8, 4) is 0 Å². The van der Waals surface area contributed by atoms with Gasteiger partial charge in [-0.05, 0) is 25.8 Å². The van der Waals surface area contributed by atoms with Crippen LogP contribution in [0.25, 0.3) is 0 Å². The van der Waals surface area contributed by atoms with Gasteiger partial charge in [0.2, 0.25) is 0 Å². The number of methoxy groups -OCH3 is 1. The lowest BCUT2D eigenvalue weighted by molar-refractivity contribution is 0.0755. The number of nitrogens with two attached hydrogens (primary N) is 1. The molecule has 1 fully saturated rings. The van der Waals surface area contributed by atoms with Crippen molar-refractivity contribution in [1.29, 1.82) is 0 Å². The smallest absolute Gasteiger partial charge is 0.0525 e. The summed E-state index contributed by atoms with van der Waals surface area (Å²) in [5, 5.41) is 0. The molecule has 3 heteroatoms. The average molecular weight is 214 g/mol. The van der Waals surface area contributed by atoms with Crippen LogP contribution in [0.15, 0.2) is 0 Å². The van der Waals surface area contributed by atoms with Crippen molar-refractivity contribution in [3.63, 3.8) is 0 Å². The number of ether oxygens (including phenoxy) is 1. The summed E-state index contributed by atoms with van der Waals surface area (Å²) < 4.78 is 5.24. The van der Waals surface area contributed by atoms with E-state index in [9.17, 15) is 0 Å². The Kier molecular flexibility index (Phi) is 4.56. The summed E-state index contributed by atoms with van der Waals surface area (Å²) in [5.74, 6) is 0.684. The summed E-state index contributed by atoms with van der Waals surface area (Å²) in [5.41, 5.74) is 6.18. The Morgan fingerprint density at radius 3 is 2.67 bits per heavy atom. The van der Waals surface area contributed by atoms with Gasteiger partial charge in [0.15, 0.2) is 0 Å². The van der Waals surface area contributed by atoms with E-state index >= 15 is 0 Å². The molecule has 0 aromatic carbocycles. The number of likely N-dealkylation sites (tertiary alicyclic amines) is 1. The van der Waals surface area contributed by atoms with Crippen LogP contribution in [-0.2, 0) is 4.74 Å². The molecule has 15 heavy (non-hydrogen) atoms. The summed E-state index contributed by atoms with van der Waals surface area (Å²) in [6.07, 6.45) is 1.25. The molecule has 1 heterocycles. The molecule has 0 spiro atoms. The molecule has 0 amide bonds. The zero-order valence-corrected chi connectivity index (χ0v) is 10.6. The molecular weight excluding hydrogens is 188 g/mol. The SMILES string of the molecule is COCC(C)(C)CN1CCC(C(C)N)C1. The number of nitrogens with zero attached hydrogens (tertiary/aromatic N) is 1. The van der Waals surface area contributed by atoms with Crippen molar-refractivity contribution in [2.75, 3.05) is 33.4 Å². The highest BCUT2D eigenvalue weighted by molar-refractivity contribution is 4.84. The minimum atomic E-state index is 0.251. The second kappa shape index (κ2) is 5.28. The third-order valence-electron chi connectivity index (χ3n) is 3.24. The quantitative estimate of drug-likeness (QED) is 0.750. The van der Waals surface area contributed by atoms with E-state index in [1.54, 1.807) is 7.11 Å². The topological polar surface area (TPSA) is 38.5 Å². The van der Waals surface area contributed by atoms with Crippen LogP contribution in [0.4, 0.5) is 0 Å². The Hall–Kier alpha value is -0.120. The molecule has 2 unspecified atom stereocenters. The molecule has 0 aromatic rings. The molecule has 0 bridgehead atoms. The lowest BCUT2D eigenvalue weighted by Crippen LogP contribution is -2.37. The largest absolute Gasteiger partial charge is 0.384 e. The molecule has 1 saturated heterocycles. The second-order valence-corrected chi connectivity index (χ2v) is 5.74. The van der Waals surface area contributed by atoms with Gasteiger partial charge in [-0.3, -0.25) is 0 Å². The maximum Gasteiger partial charge on any atom is 0.0525 e. The van der Waals surface area contributed by atoms with Crippen LogP contribution < -0.4 is 5.73 Å². The molecule has 0 saturated carbocycles. The molecule has 2 atom stereocenters. The minimum Gasteiger partial charge on any atom is -0.384 e. The van der Waals surface area contributed by atoms with Crippen molar-refractivity contribution in [2.24, 2.45) is 17.1 Å². The van der Waals surface area contributed by atoms with Gasteiger partial charge < -0.3 is 15.4 Å². The monoisotopic (exact) mass is 214 g/mol. The molecule has 1 aliphatic rings. The van der Waals surface area contributed by atoms with Crippen molar-refractivity contribution in [2.45, 2.75) is 33.2 Å². The molecule has 0 radical (unpaired) electrons. The first kappa shape index (κ1) is 12.9. The Morgan fingerprint density at radius 1 is 1.53 bits per heavy atom. The van der Waals surface area contributed by atoms with E-state index in [0.717, 1.165) is 19.7 Å². The van der Waals surface area contributed by atoms with Gasteiger partial charge in [0, 0.05) is 31.7 Å². The van der Waals surface area contributed by atoms with Crippen LogP contribution >= 0.6 is 0 Å². The summed E-state index contributed by atoms with van der Waals surface area (Å²) in [6, 6.07) is 0.334. The molecule has 90 valence electrons. The first-order chi connectivity index (χ1) is 6.94. The van der Waals surface area contributed by atoms with Crippen LogP contribution in [0.5, 0.6) is 0 Å². The number of hydrogen-bond donors (Lipinski definition) is 1. The van der Waals surface area contributed by atoms with Crippen molar-refractivity contribution < 1.29 is 4.74 Å². The van der Waals surface area contributed by atoms with Crippen molar-refractivity contribution in [1.82, 2.24) is 4.90 Å². The third kappa shape index (κ3) is 4.09. The van der Waals surface area contributed by atoms with Gasteiger partial charge in [-0.25, -0.2) is 0 Å². The average Bonchev–Trinajstić information content (AvgIpc) is 2.51. The van der Waals surface area contributed by atoms with E-state index in [4.69, 9.17) is 10.5 Å². The standard InChI is InChI=1S/C12H26N2O/c1-10(13)11-5-6-14(7-11)8-12(2,3)9-15-4/h10-11H,5-9,13H2,1-4H3. The number of rotatable bonds is 5. The van der Waals surface area contributed by atoms with Crippen molar-refractivity contribution in [3.05, 3.63) is 0 Å². The normalized spacial score (nSPS) is 25.8. The van der Waals surface area contributed by atoms with E-state index in [1.165, 1.54) is 13.0 Å². The molecule has 0 aliphatic carbocycles. The van der Waals surface area contributed by atoms with Crippen LogP contribution in [-0.4, -0.2) is 44.3 Å². The maximum absolute atomic E-state index is 5.93. The molecule has 2 N–H and O–H groups in total. The van der Waals surface area contributed by atoms with Gasteiger partial charge in [-0.2, -0.15) is 0 Å². The van der Waals surface area contributed by atoms with E-state index < -0.39 is 0 Å². The zero-order chi connectivity index (χ0) is 11.5. The zero-order valence-electron chi connectivity index (χ0n) is 10.6. The molecule has 1 rings (SSSR count). The number of hydrogen-bond acceptors (Lipinski definition) is 3. The fourth-order valence-corrected chi connectivity index (χ4v) is 2.48. The Morgan fingerprint density at radius 2 is 2.20 bits per heavy atom. The summed E-state index contributed by atoms with van der Waals surface area (Å²) in [6.45, 7) is 10.9. The van der Waals surface area contributed by atoms with Gasteiger partial charge in [-0.1, -0.05) is 13.8 Å². The lowest BCUT2D eigenvalue weighted by atomic mass is 9.94. The summed E-state index contributed by atoms with van der Waals surface area (Å²) in [7, 11) is 1.77. The lowest BCUT2D eigenvalue weighted by Gasteiger charge is -2.29. The second-order valence-electron chi connectivity index (χ2n) is 5.74. The Bertz CT molecular complexity index is 192. The fraction of sp³-hybridized carbons (Fsp3) is 1.00. The first-order valence-corrected chi connectivity index (χ1v) is 5.91. The Labute approximate surface area is 94.0 Å². The highest BCUT2D eigenvalue weighted by Crippen LogP contribution is 2.24. The van der Waals surface area contributed by atoms with Crippen LogP contribution in [0.3, 0.4) is 0 Å².